The normalized spacial score (nSPS) is 13.2. The Bertz CT molecular complexity index is 374. The van der Waals surface area contributed by atoms with Gasteiger partial charge in [-0.15, -0.1) is 0 Å². The van der Waals surface area contributed by atoms with E-state index in [1.807, 2.05) is 31.2 Å². The minimum Gasteiger partial charge on any atom is -0.395 e. The van der Waals surface area contributed by atoms with Crippen molar-refractivity contribution in [1.29, 1.82) is 0 Å². The third-order valence-corrected chi connectivity index (χ3v) is 3.08. The maximum Gasteiger partial charge on any atom is 0.251 e. The molecule has 19 heavy (non-hydrogen) atoms. The second-order valence-corrected chi connectivity index (χ2v) is 4.58. The fourth-order valence-electron chi connectivity index (χ4n) is 2.05. The monoisotopic (exact) mass is 273 g/mol. The van der Waals surface area contributed by atoms with Crippen LogP contribution in [0.15, 0.2) is 24.3 Å². The highest BCUT2D eigenvalue weighted by Crippen LogP contribution is 2.20. The van der Waals surface area contributed by atoms with Crippen LogP contribution in [0.25, 0.3) is 0 Å². The van der Waals surface area contributed by atoms with E-state index in [4.69, 9.17) is 5.11 Å². The molecule has 0 heterocycles. The number of halogens is 2. The van der Waals surface area contributed by atoms with Gasteiger partial charge in [-0.05, 0) is 24.5 Å². The van der Waals surface area contributed by atoms with E-state index >= 15 is 0 Å². The van der Waals surface area contributed by atoms with Gasteiger partial charge in [0.15, 0.2) is 0 Å². The van der Waals surface area contributed by atoms with Crippen LogP contribution >= 0.6 is 0 Å². The zero-order chi connectivity index (χ0) is 14.3. The smallest absolute Gasteiger partial charge is 0.251 e. The van der Waals surface area contributed by atoms with Gasteiger partial charge in [-0.25, -0.2) is 8.78 Å². The predicted molar refractivity (Wildman–Crippen MR) is 70.3 cm³/mol. The highest BCUT2D eigenvalue weighted by Gasteiger charge is 2.15. The molecule has 0 radical (unpaired) electrons. The first-order valence-electron chi connectivity index (χ1n) is 6.39. The van der Waals surface area contributed by atoms with Gasteiger partial charge < -0.3 is 10.2 Å². The van der Waals surface area contributed by atoms with Crippen molar-refractivity contribution < 1.29 is 19.0 Å². The maximum atomic E-state index is 12.3. The number of aliphatic hydroxyl groups is 2. The molecule has 1 aromatic rings. The first-order chi connectivity index (χ1) is 9.04. The molecule has 0 bridgehead atoms. The number of benzene rings is 1. The van der Waals surface area contributed by atoms with E-state index in [0.29, 0.717) is 13.0 Å². The molecule has 2 N–H and O–H groups in total. The van der Waals surface area contributed by atoms with E-state index in [1.54, 1.807) is 0 Å². The summed E-state index contributed by atoms with van der Waals surface area (Å²) in [6.07, 6.45) is -2.72. The van der Waals surface area contributed by atoms with Crippen molar-refractivity contribution in [3.63, 3.8) is 0 Å². The molecule has 0 aliphatic carbocycles. The lowest BCUT2D eigenvalue weighted by Crippen LogP contribution is -2.33. The molecule has 1 rings (SSSR count). The minimum atomic E-state index is -2.43. The van der Waals surface area contributed by atoms with Crippen LogP contribution in [0.4, 0.5) is 8.78 Å². The molecular formula is C14H21F2NO2. The van der Waals surface area contributed by atoms with Crippen molar-refractivity contribution >= 4 is 0 Å². The molecule has 1 atom stereocenters. The summed E-state index contributed by atoms with van der Waals surface area (Å²) < 4.78 is 24.7. The molecule has 0 aliphatic heterocycles. The third-order valence-electron chi connectivity index (χ3n) is 3.08. The molecule has 1 aromatic carbocycles. The van der Waals surface area contributed by atoms with Gasteiger partial charge in [-0.1, -0.05) is 24.3 Å². The maximum absolute atomic E-state index is 12.3. The van der Waals surface area contributed by atoms with Gasteiger partial charge in [-0.2, -0.15) is 0 Å². The standard InChI is InChI=1S/C14H21F2NO2/c1-11-4-2-3-5-12(11)13(19)6-7-17(8-9-18)10-14(15)16/h2-5,13-14,18-19H,6-10H2,1H3. The van der Waals surface area contributed by atoms with Crippen molar-refractivity contribution in [1.82, 2.24) is 4.90 Å². The van der Waals surface area contributed by atoms with Gasteiger partial charge in [0.05, 0.1) is 19.3 Å². The quantitative estimate of drug-likeness (QED) is 0.761. The molecule has 0 fully saturated rings. The van der Waals surface area contributed by atoms with Crippen LogP contribution in [0.3, 0.4) is 0 Å². The fourth-order valence-corrected chi connectivity index (χ4v) is 2.05. The lowest BCUT2D eigenvalue weighted by Gasteiger charge is -2.22. The Morgan fingerprint density at radius 1 is 1.21 bits per heavy atom. The van der Waals surface area contributed by atoms with Crippen LogP contribution in [0.2, 0.25) is 0 Å². The van der Waals surface area contributed by atoms with E-state index in [2.05, 4.69) is 0 Å². The number of rotatable bonds is 8. The summed E-state index contributed by atoms with van der Waals surface area (Å²) in [5, 5.41) is 18.9. The van der Waals surface area contributed by atoms with Crippen molar-refractivity contribution in [3.05, 3.63) is 35.4 Å². The lowest BCUT2D eigenvalue weighted by atomic mass is 10.0. The molecule has 3 nitrogen and oxygen atoms in total. The van der Waals surface area contributed by atoms with Crippen molar-refractivity contribution in [2.75, 3.05) is 26.2 Å². The molecule has 0 saturated carbocycles. The van der Waals surface area contributed by atoms with E-state index in [0.717, 1.165) is 11.1 Å². The second kappa shape index (κ2) is 8.19. The molecule has 0 aliphatic rings. The Labute approximate surface area is 112 Å². The van der Waals surface area contributed by atoms with Gasteiger partial charge in [0.1, 0.15) is 0 Å². The van der Waals surface area contributed by atoms with Crippen molar-refractivity contribution in [2.45, 2.75) is 25.9 Å². The van der Waals surface area contributed by atoms with Gasteiger partial charge >= 0.3 is 0 Å². The van der Waals surface area contributed by atoms with Crippen LogP contribution in [-0.4, -0.2) is 47.8 Å². The highest BCUT2D eigenvalue weighted by atomic mass is 19.3. The van der Waals surface area contributed by atoms with Gasteiger partial charge in [-0.3, -0.25) is 4.90 Å². The summed E-state index contributed by atoms with van der Waals surface area (Å²) in [4.78, 5) is 1.46. The molecule has 5 heteroatoms. The van der Waals surface area contributed by atoms with Crippen LogP contribution in [0.5, 0.6) is 0 Å². The first kappa shape index (κ1) is 16.0. The van der Waals surface area contributed by atoms with E-state index in [1.165, 1.54) is 4.90 Å². The average Bonchev–Trinajstić information content (AvgIpc) is 2.36. The number of aryl methyl sites for hydroxylation is 1. The van der Waals surface area contributed by atoms with Gasteiger partial charge in [0.25, 0.3) is 6.43 Å². The summed E-state index contributed by atoms with van der Waals surface area (Å²) in [7, 11) is 0. The highest BCUT2D eigenvalue weighted by molar-refractivity contribution is 5.27. The molecule has 108 valence electrons. The molecular weight excluding hydrogens is 252 g/mol. The number of hydrogen-bond donors (Lipinski definition) is 2. The summed E-state index contributed by atoms with van der Waals surface area (Å²) in [6.45, 7) is 1.91. The Morgan fingerprint density at radius 2 is 1.89 bits per heavy atom. The molecule has 0 saturated heterocycles. The number of aliphatic hydroxyl groups excluding tert-OH is 2. The number of hydrogen-bond acceptors (Lipinski definition) is 3. The Balaban J connectivity index is 2.51. The molecule has 1 unspecified atom stereocenters. The summed E-state index contributed by atoms with van der Waals surface area (Å²) in [5.41, 5.74) is 1.81. The SMILES string of the molecule is Cc1ccccc1C(O)CCN(CCO)CC(F)F. The Hall–Kier alpha value is -1.04. The van der Waals surface area contributed by atoms with E-state index in [-0.39, 0.29) is 19.7 Å². The first-order valence-corrected chi connectivity index (χ1v) is 6.39. The fraction of sp³-hybridized carbons (Fsp3) is 0.571. The van der Waals surface area contributed by atoms with Crippen LogP contribution in [0.1, 0.15) is 23.7 Å². The Morgan fingerprint density at radius 3 is 2.47 bits per heavy atom. The second-order valence-electron chi connectivity index (χ2n) is 4.58. The molecule has 0 amide bonds. The average molecular weight is 273 g/mol. The number of nitrogens with zero attached hydrogens (tertiary/aromatic N) is 1. The number of alkyl halides is 2. The van der Waals surface area contributed by atoms with E-state index in [9.17, 15) is 13.9 Å². The van der Waals surface area contributed by atoms with Crippen LogP contribution < -0.4 is 0 Å². The molecule has 0 spiro atoms. The van der Waals surface area contributed by atoms with Crippen molar-refractivity contribution in [2.24, 2.45) is 0 Å². The van der Waals surface area contributed by atoms with Gasteiger partial charge in [0, 0.05) is 13.1 Å². The largest absolute Gasteiger partial charge is 0.395 e. The minimum absolute atomic E-state index is 0.160. The predicted octanol–water partition coefficient (Wildman–Crippen LogP) is 1.98. The summed E-state index contributed by atoms with van der Waals surface area (Å²) in [5.74, 6) is 0. The topological polar surface area (TPSA) is 43.7 Å². The van der Waals surface area contributed by atoms with Crippen LogP contribution in [-0.2, 0) is 0 Å². The summed E-state index contributed by atoms with van der Waals surface area (Å²) in [6, 6.07) is 7.48. The lowest BCUT2D eigenvalue weighted by molar-refractivity contribution is 0.0659. The van der Waals surface area contributed by atoms with Crippen LogP contribution in [0, 0.1) is 6.92 Å². The van der Waals surface area contributed by atoms with E-state index < -0.39 is 12.5 Å². The Kier molecular flexibility index (Phi) is 6.91. The third kappa shape index (κ3) is 5.63. The zero-order valence-corrected chi connectivity index (χ0v) is 11.1. The van der Waals surface area contributed by atoms with Gasteiger partial charge in [0.2, 0.25) is 0 Å². The molecule has 0 aromatic heterocycles. The zero-order valence-electron chi connectivity index (χ0n) is 11.1. The van der Waals surface area contributed by atoms with Crippen molar-refractivity contribution in [3.8, 4) is 0 Å². The summed E-state index contributed by atoms with van der Waals surface area (Å²) >= 11 is 0.